The average Bonchev–Trinajstić information content (AvgIpc) is 2.08. The normalized spacial score (nSPS) is 7.31. The van der Waals surface area contributed by atoms with Crippen molar-refractivity contribution in [1.82, 2.24) is 4.90 Å². The van der Waals surface area contributed by atoms with Gasteiger partial charge in [0.15, 0.2) is 0 Å². The van der Waals surface area contributed by atoms with E-state index < -0.39 is 0 Å². The van der Waals surface area contributed by atoms with Crippen LogP contribution in [0.1, 0.15) is 0 Å². The van der Waals surface area contributed by atoms with Crippen LogP contribution in [0.4, 0.5) is 0 Å². The molecule has 1 aromatic rings. The SMILES string of the molecule is CN(C)C(=S)S.[Hg].c1ccccc1. The smallest absolute Gasteiger partial charge is 0.132 e. The average molecular weight is 400 g/mol. The summed E-state index contributed by atoms with van der Waals surface area (Å²) in [7, 11) is 3.71. The van der Waals surface area contributed by atoms with Crippen LogP contribution in [0.15, 0.2) is 36.4 Å². The van der Waals surface area contributed by atoms with E-state index in [1.807, 2.05) is 50.5 Å². The number of hydrogen-bond acceptors (Lipinski definition) is 1. The minimum Gasteiger partial charge on any atom is -0.364 e. The maximum Gasteiger partial charge on any atom is 0.132 e. The maximum atomic E-state index is 4.61. The molecule has 1 aromatic carbocycles. The molecule has 0 fully saturated rings. The molecule has 4 heteroatoms. The molecule has 13 heavy (non-hydrogen) atoms. The topological polar surface area (TPSA) is 3.24 Å². The van der Waals surface area contributed by atoms with Crippen LogP contribution in [0.2, 0.25) is 0 Å². The number of thiocarbonyl (C=S) groups is 1. The standard InChI is InChI=1S/C6H6.C3H7NS2.Hg/c1-2-4-6-5-3-1;1-4(2)3(5)6;/h1-6H;1-2H3,(H,5,6);. The largest absolute Gasteiger partial charge is 0.364 e. The number of benzene rings is 1. The first-order chi connectivity index (χ1) is 5.64. The van der Waals surface area contributed by atoms with E-state index in [9.17, 15) is 0 Å². The summed E-state index contributed by atoms with van der Waals surface area (Å²) in [5.74, 6) is 0. The zero-order chi connectivity index (χ0) is 9.40. The van der Waals surface area contributed by atoms with Crippen molar-refractivity contribution in [1.29, 1.82) is 0 Å². The molecule has 0 aliphatic heterocycles. The first kappa shape index (κ1) is 15.8. The fourth-order valence-corrected chi connectivity index (χ4v) is 0.385. The van der Waals surface area contributed by atoms with Crippen molar-refractivity contribution < 1.29 is 27.7 Å². The van der Waals surface area contributed by atoms with Crippen molar-refractivity contribution in [2.45, 2.75) is 0 Å². The van der Waals surface area contributed by atoms with Crippen LogP contribution in [0, 0.1) is 0 Å². The van der Waals surface area contributed by atoms with Crippen LogP contribution in [0.3, 0.4) is 0 Å². The zero-order valence-electron chi connectivity index (χ0n) is 7.97. The molecule has 68 valence electrons. The molecule has 0 bridgehead atoms. The molecule has 0 N–H and O–H groups in total. The summed E-state index contributed by atoms with van der Waals surface area (Å²) in [6, 6.07) is 12.0. The van der Waals surface area contributed by atoms with Crippen molar-refractivity contribution in [3.8, 4) is 0 Å². The Balaban J connectivity index is 0. The van der Waals surface area contributed by atoms with E-state index in [-0.39, 0.29) is 27.7 Å². The van der Waals surface area contributed by atoms with Gasteiger partial charge >= 0.3 is 0 Å². The first-order valence-corrected chi connectivity index (χ1v) is 4.40. The number of nitrogens with zero attached hydrogens (tertiary/aromatic N) is 1. The molecule has 0 spiro atoms. The molecule has 1 rings (SSSR count). The van der Waals surface area contributed by atoms with Gasteiger partial charge in [-0.25, -0.2) is 0 Å². The Bertz CT molecular complexity index is 187. The van der Waals surface area contributed by atoms with Gasteiger partial charge in [0.25, 0.3) is 0 Å². The third-order valence-electron chi connectivity index (χ3n) is 1.05. The number of thiol groups is 1. The maximum absolute atomic E-state index is 4.61. The Kier molecular flexibility index (Phi) is 12.8. The van der Waals surface area contributed by atoms with Gasteiger partial charge < -0.3 is 4.90 Å². The third kappa shape index (κ3) is 12.4. The van der Waals surface area contributed by atoms with Crippen LogP contribution < -0.4 is 0 Å². The Hall–Kier alpha value is 0.395. The van der Waals surface area contributed by atoms with Gasteiger partial charge in [-0.3, -0.25) is 0 Å². The predicted molar refractivity (Wildman–Crippen MR) is 61.7 cm³/mol. The first-order valence-electron chi connectivity index (χ1n) is 3.55. The zero-order valence-corrected chi connectivity index (χ0v) is 15.2. The van der Waals surface area contributed by atoms with Crippen LogP contribution in [-0.4, -0.2) is 23.3 Å². The Morgan fingerprint density at radius 2 is 1.15 bits per heavy atom. The van der Waals surface area contributed by atoms with E-state index >= 15 is 0 Å². The molecular weight excluding hydrogens is 387 g/mol. The molecule has 0 radical (unpaired) electrons. The quantitative estimate of drug-likeness (QED) is 0.405. The molecule has 0 aromatic heterocycles. The fraction of sp³-hybridized carbons (Fsp3) is 0.222. The van der Waals surface area contributed by atoms with E-state index in [2.05, 4.69) is 24.8 Å². The Morgan fingerprint density at radius 1 is 1.00 bits per heavy atom. The third-order valence-corrected chi connectivity index (χ3v) is 1.81. The van der Waals surface area contributed by atoms with Gasteiger partial charge in [0.1, 0.15) is 4.32 Å². The second-order valence-corrected chi connectivity index (χ2v) is 3.44. The van der Waals surface area contributed by atoms with Crippen molar-refractivity contribution in [2.75, 3.05) is 14.1 Å². The molecule has 0 aliphatic carbocycles. The predicted octanol–water partition coefficient (Wildman–Crippen LogP) is 2.45. The van der Waals surface area contributed by atoms with Gasteiger partial charge in [-0.2, -0.15) is 0 Å². The van der Waals surface area contributed by atoms with Gasteiger partial charge in [0.05, 0.1) is 0 Å². The molecule has 0 saturated carbocycles. The minimum atomic E-state index is 0. The van der Waals surface area contributed by atoms with Crippen molar-refractivity contribution in [3.05, 3.63) is 36.4 Å². The van der Waals surface area contributed by atoms with Gasteiger partial charge in [0, 0.05) is 41.8 Å². The van der Waals surface area contributed by atoms with Crippen LogP contribution in [-0.2, 0) is 27.7 Å². The molecule has 0 unspecified atom stereocenters. The fourth-order valence-electron chi connectivity index (χ4n) is 0.385. The summed E-state index contributed by atoms with van der Waals surface area (Å²) >= 11 is 8.46. The van der Waals surface area contributed by atoms with E-state index in [4.69, 9.17) is 0 Å². The van der Waals surface area contributed by atoms with Gasteiger partial charge in [-0.05, 0) is 0 Å². The van der Waals surface area contributed by atoms with Crippen LogP contribution in [0.5, 0.6) is 0 Å². The minimum absolute atomic E-state index is 0. The molecule has 0 aliphatic rings. The van der Waals surface area contributed by atoms with Gasteiger partial charge in [-0.15, -0.1) is 12.6 Å². The van der Waals surface area contributed by atoms with Crippen LogP contribution >= 0.6 is 24.8 Å². The van der Waals surface area contributed by atoms with Crippen molar-refractivity contribution in [3.63, 3.8) is 0 Å². The Morgan fingerprint density at radius 3 is 1.23 bits per heavy atom. The number of rotatable bonds is 0. The van der Waals surface area contributed by atoms with Crippen molar-refractivity contribution >= 4 is 29.2 Å². The summed E-state index contributed by atoms with van der Waals surface area (Å²) in [4.78, 5) is 1.76. The summed E-state index contributed by atoms with van der Waals surface area (Å²) in [6.45, 7) is 0. The van der Waals surface area contributed by atoms with Gasteiger partial charge in [0.2, 0.25) is 0 Å². The Labute approximate surface area is 111 Å². The van der Waals surface area contributed by atoms with E-state index in [0.29, 0.717) is 4.32 Å². The summed E-state index contributed by atoms with van der Waals surface area (Å²) in [5, 5.41) is 0. The second-order valence-electron chi connectivity index (χ2n) is 2.33. The summed E-state index contributed by atoms with van der Waals surface area (Å²) in [5.41, 5.74) is 0. The second kappa shape index (κ2) is 10.5. The van der Waals surface area contributed by atoms with E-state index in [0.717, 1.165) is 0 Å². The molecule has 1 nitrogen and oxygen atoms in total. The molecule has 0 saturated heterocycles. The molecule has 0 heterocycles. The molecule has 0 amide bonds. The monoisotopic (exact) mass is 401 g/mol. The molecular formula is C9H13HgNS2. The number of hydrogen-bond donors (Lipinski definition) is 1. The molecule has 0 atom stereocenters. The summed E-state index contributed by atoms with van der Waals surface area (Å²) in [6.07, 6.45) is 0. The van der Waals surface area contributed by atoms with Gasteiger partial charge in [-0.1, -0.05) is 48.6 Å². The van der Waals surface area contributed by atoms with Crippen molar-refractivity contribution in [2.24, 2.45) is 0 Å². The van der Waals surface area contributed by atoms with Crippen LogP contribution in [0.25, 0.3) is 0 Å². The van der Waals surface area contributed by atoms with E-state index in [1.165, 1.54) is 0 Å². The van der Waals surface area contributed by atoms with E-state index in [1.54, 1.807) is 4.90 Å². The summed E-state index contributed by atoms with van der Waals surface area (Å²) < 4.78 is 0.620.